The molecule has 1 aromatic carbocycles. The third-order valence-corrected chi connectivity index (χ3v) is 5.40. The first-order valence-corrected chi connectivity index (χ1v) is 12.1. The fourth-order valence-corrected chi connectivity index (χ4v) is 3.58. The molecule has 8 N–H and O–H groups in total. The van der Waals surface area contributed by atoms with Gasteiger partial charge in [-0.2, -0.15) is 0 Å². The fraction of sp³-hybridized carbons (Fsp3) is 0.560. The maximum atomic E-state index is 13.0. The predicted octanol–water partition coefficient (Wildman–Crippen LogP) is 0.368. The summed E-state index contributed by atoms with van der Waals surface area (Å²) in [6.45, 7) is 7.16. The number of aliphatic carboxylic acids is 2. The Hall–Kier alpha value is -3.67. The van der Waals surface area contributed by atoms with Gasteiger partial charge < -0.3 is 37.0 Å². The lowest BCUT2D eigenvalue weighted by Gasteiger charge is -2.25. The number of hydrogen-bond acceptors (Lipinski definition) is 7. The van der Waals surface area contributed by atoms with Gasteiger partial charge in [-0.1, -0.05) is 39.8 Å². The minimum Gasteiger partial charge on any atom is -0.508 e. The second-order valence-electron chi connectivity index (χ2n) is 9.86. The summed E-state index contributed by atoms with van der Waals surface area (Å²) in [6.07, 6.45) is -0.358. The Bertz CT molecular complexity index is 949. The third kappa shape index (κ3) is 11.7. The van der Waals surface area contributed by atoms with Crippen molar-refractivity contribution in [3.05, 3.63) is 29.8 Å². The van der Waals surface area contributed by atoms with Crippen LogP contribution in [-0.4, -0.2) is 69.1 Å². The highest BCUT2D eigenvalue weighted by Gasteiger charge is 2.32. The summed E-state index contributed by atoms with van der Waals surface area (Å²) in [7, 11) is 0. The summed E-state index contributed by atoms with van der Waals surface area (Å²) in [4.78, 5) is 61.4. The Labute approximate surface area is 216 Å². The maximum absolute atomic E-state index is 13.0. The van der Waals surface area contributed by atoms with Crippen LogP contribution in [-0.2, 0) is 30.4 Å². The molecular weight excluding hydrogens is 484 g/mol. The summed E-state index contributed by atoms with van der Waals surface area (Å²) in [6, 6.07) is 1.18. The first-order chi connectivity index (χ1) is 17.2. The van der Waals surface area contributed by atoms with Crippen molar-refractivity contribution in [2.45, 2.75) is 77.5 Å². The number of carboxylic acids is 2. The first-order valence-electron chi connectivity index (χ1n) is 12.1. The van der Waals surface area contributed by atoms with Gasteiger partial charge in [-0.15, -0.1) is 0 Å². The van der Waals surface area contributed by atoms with Crippen LogP contribution < -0.4 is 21.7 Å². The molecule has 12 heteroatoms. The van der Waals surface area contributed by atoms with E-state index in [0.717, 1.165) is 0 Å². The lowest BCUT2D eigenvalue weighted by Crippen LogP contribution is -2.58. The van der Waals surface area contributed by atoms with Crippen LogP contribution in [0.4, 0.5) is 0 Å². The summed E-state index contributed by atoms with van der Waals surface area (Å²) in [5.74, 6) is -5.10. The molecule has 1 rings (SSSR count). The number of rotatable bonds is 15. The fourth-order valence-electron chi connectivity index (χ4n) is 3.58. The second kappa shape index (κ2) is 14.8. The van der Waals surface area contributed by atoms with Gasteiger partial charge in [0.05, 0.1) is 12.5 Å². The lowest BCUT2D eigenvalue weighted by atomic mass is 10.0. The zero-order chi connectivity index (χ0) is 28.3. The van der Waals surface area contributed by atoms with E-state index in [1.807, 2.05) is 13.8 Å². The molecule has 37 heavy (non-hydrogen) atoms. The van der Waals surface area contributed by atoms with E-state index >= 15 is 0 Å². The molecule has 206 valence electrons. The predicted molar refractivity (Wildman–Crippen MR) is 134 cm³/mol. The van der Waals surface area contributed by atoms with E-state index in [-0.39, 0.29) is 36.8 Å². The molecule has 0 aromatic heterocycles. The van der Waals surface area contributed by atoms with E-state index in [1.54, 1.807) is 26.0 Å². The van der Waals surface area contributed by atoms with Crippen LogP contribution in [0.3, 0.4) is 0 Å². The van der Waals surface area contributed by atoms with Gasteiger partial charge in [0.15, 0.2) is 0 Å². The molecule has 0 saturated heterocycles. The molecular formula is C25H38N4O8. The number of hydrogen-bond donors (Lipinski definition) is 7. The molecule has 0 fully saturated rings. The van der Waals surface area contributed by atoms with E-state index in [4.69, 9.17) is 5.73 Å². The van der Waals surface area contributed by atoms with E-state index in [0.29, 0.717) is 5.56 Å². The zero-order valence-electron chi connectivity index (χ0n) is 21.6. The van der Waals surface area contributed by atoms with E-state index < -0.39 is 60.2 Å². The van der Waals surface area contributed by atoms with Crippen molar-refractivity contribution >= 4 is 29.7 Å². The number of benzene rings is 1. The number of aromatic hydroxyl groups is 1. The molecule has 0 aliphatic rings. The van der Waals surface area contributed by atoms with Gasteiger partial charge in [0, 0.05) is 0 Å². The normalized spacial score (nSPS) is 14.4. The van der Waals surface area contributed by atoms with Crippen molar-refractivity contribution < 1.29 is 39.3 Å². The SMILES string of the molecule is CC(C)CC(NC(=O)C(CC(=O)O)NC(=O)C(CC(C)C)NC(=O)C(N)Cc1ccc(O)cc1)C(=O)O. The van der Waals surface area contributed by atoms with Crippen molar-refractivity contribution in [3.63, 3.8) is 0 Å². The van der Waals surface area contributed by atoms with Crippen LogP contribution in [0, 0.1) is 11.8 Å². The monoisotopic (exact) mass is 522 g/mol. The minimum atomic E-state index is -1.56. The van der Waals surface area contributed by atoms with Gasteiger partial charge in [-0.25, -0.2) is 4.79 Å². The van der Waals surface area contributed by atoms with Gasteiger partial charge in [-0.05, 0) is 48.8 Å². The van der Waals surface area contributed by atoms with Crippen molar-refractivity contribution in [2.75, 3.05) is 0 Å². The molecule has 0 aliphatic heterocycles. The molecule has 4 unspecified atom stereocenters. The average molecular weight is 523 g/mol. The van der Waals surface area contributed by atoms with Crippen molar-refractivity contribution in [1.29, 1.82) is 0 Å². The Morgan fingerprint density at radius 2 is 1.22 bits per heavy atom. The number of carbonyl (C=O) groups excluding carboxylic acids is 3. The standard InChI is InChI=1S/C25H38N4O8/c1-13(2)9-18(27-22(33)17(26)11-15-5-7-16(30)8-6-15)23(34)28-19(12-21(31)32)24(35)29-20(25(36)37)10-14(3)4/h5-8,13-14,17-20,30H,9-12,26H2,1-4H3,(H,27,33)(H,28,34)(H,29,35)(H,31,32)(H,36,37). The van der Waals surface area contributed by atoms with E-state index in [1.165, 1.54) is 12.1 Å². The maximum Gasteiger partial charge on any atom is 0.326 e. The molecule has 0 spiro atoms. The Kier molecular flexibility index (Phi) is 12.5. The first kappa shape index (κ1) is 31.4. The number of nitrogens with two attached hydrogens (primary N) is 1. The highest BCUT2D eigenvalue weighted by molar-refractivity contribution is 5.95. The van der Waals surface area contributed by atoms with Gasteiger partial charge >= 0.3 is 11.9 Å². The van der Waals surface area contributed by atoms with Crippen LogP contribution >= 0.6 is 0 Å². The Morgan fingerprint density at radius 3 is 1.70 bits per heavy atom. The van der Waals surface area contributed by atoms with Crippen molar-refractivity contribution in [3.8, 4) is 5.75 Å². The van der Waals surface area contributed by atoms with Crippen LogP contribution in [0.5, 0.6) is 5.75 Å². The summed E-state index contributed by atoms with van der Waals surface area (Å²) < 4.78 is 0. The Morgan fingerprint density at radius 1 is 0.757 bits per heavy atom. The number of nitrogens with one attached hydrogen (secondary N) is 3. The number of amides is 3. The molecule has 0 bridgehead atoms. The number of carboxylic acid groups (broad SMARTS) is 2. The average Bonchev–Trinajstić information content (AvgIpc) is 2.78. The second-order valence-corrected chi connectivity index (χ2v) is 9.86. The van der Waals surface area contributed by atoms with Gasteiger partial charge in [0.2, 0.25) is 17.7 Å². The van der Waals surface area contributed by atoms with Crippen LogP contribution in [0.2, 0.25) is 0 Å². The molecule has 0 saturated carbocycles. The van der Waals surface area contributed by atoms with Crippen molar-refractivity contribution in [2.24, 2.45) is 17.6 Å². The largest absolute Gasteiger partial charge is 0.508 e. The van der Waals surface area contributed by atoms with Gasteiger partial charge in [0.1, 0.15) is 23.9 Å². The van der Waals surface area contributed by atoms with Gasteiger partial charge in [0.25, 0.3) is 0 Å². The molecule has 0 heterocycles. The topological polar surface area (TPSA) is 208 Å². The summed E-state index contributed by atoms with van der Waals surface area (Å²) >= 11 is 0. The van der Waals surface area contributed by atoms with E-state index in [2.05, 4.69) is 16.0 Å². The van der Waals surface area contributed by atoms with E-state index in [9.17, 15) is 39.3 Å². The quantitative estimate of drug-likeness (QED) is 0.169. The molecule has 4 atom stereocenters. The number of phenolic OH excluding ortho intramolecular Hbond substituents is 1. The molecule has 1 aromatic rings. The highest BCUT2D eigenvalue weighted by atomic mass is 16.4. The van der Waals surface area contributed by atoms with Crippen LogP contribution in [0.15, 0.2) is 24.3 Å². The Balaban J connectivity index is 2.98. The van der Waals surface area contributed by atoms with Gasteiger partial charge in [-0.3, -0.25) is 19.2 Å². The lowest BCUT2D eigenvalue weighted by molar-refractivity contribution is -0.144. The molecule has 0 aliphatic carbocycles. The minimum absolute atomic E-state index is 0.0569. The highest BCUT2D eigenvalue weighted by Crippen LogP contribution is 2.12. The third-order valence-electron chi connectivity index (χ3n) is 5.40. The zero-order valence-corrected chi connectivity index (χ0v) is 21.6. The molecule has 0 radical (unpaired) electrons. The van der Waals surface area contributed by atoms with Crippen molar-refractivity contribution in [1.82, 2.24) is 16.0 Å². The van der Waals surface area contributed by atoms with Crippen LogP contribution in [0.25, 0.3) is 0 Å². The summed E-state index contributed by atoms with van der Waals surface area (Å²) in [5.41, 5.74) is 6.69. The summed E-state index contributed by atoms with van der Waals surface area (Å²) in [5, 5.41) is 35.2. The van der Waals surface area contributed by atoms with Crippen LogP contribution in [0.1, 0.15) is 52.5 Å². The number of carbonyl (C=O) groups is 5. The molecule has 12 nitrogen and oxygen atoms in total. The smallest absolute Gasteiger partial charge is 0.326 e. The molecule has 3 amide bonds. The number of phenols is 1.